The van der Waals surface area contributed by atoms with Crippen LogP contribution in [0.5, 0.6) is 0 Å². The molecule has 1 saturated carbocycles. The summed E-state index contributed by atoms with van der Waals surface area (Å²) in [4.78, 5) is 17.2. The highest BCUT2D eigenvalue weighted by molar-refractivity contribution is 7.12. The van der Waals surface area contributed by atoms with Gasteiger partial charge >= 0.3 is 0 Å². The van der Waals surface area contributed by atoms with Gasteiger partial charge in [0.2, 0.25) is 5.91 Å². The predicted molar refractivity (Wildman–Crippen MR) is 78.2 cm³/mol. The van der Waals surface area contributed by atoms with Crippen molar-refractivity contribution in [2.24, 2.45) is 5.73 Å². The lowest BCUT2D eigenvalue weighted by Crippen LogP contribution is -2.43. The van der Waals surface area contributed by atoms with Crippen LogP contribution in [0.1, 0.15) is 53.5 Å². The van der Waals surface area contributed by atoms with Gasteiger partial charge in [-0.3, -0.25) is 4.79 Å². The number of hydrogen-bond acceptors (Lipinski definition) is 3. The van der Waals surface area contributed by atoms with Crippen molar-refractivity contribution in [1.82, 2.24) is 4.90 Å². The Labute approximate surface area is 118 Å². The summed E-state index contributed by atoms with van der Waals surface area (Å²) in [7, 11) is 0. The van der Waals surface area contributed by atoms with Crippen LogP contribution in [-0.2, 0) is 4.79 Å². The average Bonchev–Trinajstić information content (AvgIpc) is 3.12. The van der Waals surface area contributed by atoms with E-state index in [2.05, 4.69) is 24.8 Å². The molecule has 1 aliphatic carbocycles. The molecule has 2 atom stereocenters. The molecule has 2 fully saturated rings. The Hall–Kier alpha value is -0.870. The summed E-state index contributed by atoms with van der Waals surface area (Å²) < 4.78 is 0. The van der Waals surface area contributed by atoms with Crippen LogP contribution in [0.4, 0.5) is 0 Å². The third kappa shape index (κ3) is 2.43. The van der Waals surface area contributed by atoms with Gasteiger partial charge in [-0.1, -0.05) is 0 Å². The minimum atomic E-state index is 0.0831. The Kier molecular flexibility index (Phi) is 3.39. The second-order valence-electron chi connectivity index (χ2n) is 5.90. The predicted octanol–water partition coefficient (Wildman–Crippen LogP) is 2.91. The standard InChI is InChI=1S/C15H22N2OS/c1-9-8-12(10(2)19-9)15-13(16)4-3-5-14(18)17(15)11-6-7-11/h8,11,13,15H,3-7,16H2,1-2H3. The molecule has 0 aromatic carbocycles. The Balaban J connectivity index is 2.01. The number of nitrogens with two attached hydrogens (primary N) is 1. The molecule has 2 unspecified atom stereocenters. The molecule has 0 radical (unpaired) electrons. The Bertz CT molecular complexity index is 492. The van der Waals surface area contributed by atoms with Gasteiger partial charge in [0.05, 0.1) is 6.04 Å². The van der Waals surface area contributed by atoms with Crippen LogP contribution < -0.4 is 5.73 Å². The second-order valence-corrected chi connectivity index (χ2v) is 7.36. The highest BCUT2D eigenvalue weighted by atomic mass is 32.1. The lowest BCUT2D eigenvalue weighted by molar-refractivity contribution is -0.133. The van der Waals surface area contributed by atoms with E-state index in [1.54, 1.807) is 0 Å². The molecule has 2 N–H and O–H groups in total. The normalized spacial score (nSPS) is 28.6. The number of hydrogen-bond donors (Lipinski definition) is 1. The zero-order valence-corrected chi connectivity index (χ0v) is 12.5. The second kappa shape index (κ2) is 4.91. The number of thiophene rings is 1. The van der Waals surface area contributed by atoms with Crippen molar-refractivity contribution < 1.29 is 4.79 Å². The van der Waals surface area contributed by atoms with Crippen LogP contribution in [0.3, 0.4) is 0 Å². The Morgan fingerprint density at radius 1 is 1.32 bits per heavy atom. The number of nitrogens with zero attached hydrogens (tertiary/aromatic N) is 1. The summed E-state index contributed by atoms with van der Waals surface area (Å²) in [5.41, 5.74) is 7.71. The highest BCUT2D eigenvalue weighted by Gasteiger charge is 2.42. The Morgan fingerprint density at radius 3 is 2.63 bits per heavy atom. The molecule has 2 aliphatic rings. The van der Waals surface area contributed by atoms with E-state index in [1.807, 2.05) is 11.3 Å². The molecule has 4 heteroatoms. The quantitative estimate of drug-likeness (QED) is 0.904. The van der Waals surface area contributed by atoms with E-state index in [4.69, 9.17) is 5.73 Å². The van der Waals surface area contributed by atoms with Crippen molar-refractivity contribution in [3.8, 4) is 0 Å². The van der Waals surface area contributed by atoms with E-state index in [1.165, 1.54) is 15.3 Å². The SMILES string of the molecule is Cc1cc(C2C(N)CCCC(=O)N2C2CC2)c(C)s1. The maximum Gasteiger partial charge on any atom is 0.223 e. The van der Waals surface area contributed by atoms with Gasteiger partial charge in [0.25, 0.3) is 0 Å². The summed E-state index contributed by atoms with van der Waals surface area (Å²) in [6, 6.07) is 2.87. The van der Waals surface area contributed by atoms with E-state index in [0.29, 0.717) is 18.4 Å². The van der Waals surface area contributed by atoms with E-state index < -0.39 is 0 Å². The first-order chi connectivity index (χ1) is 9.08. The molecule has 1 aromatic heterocycles. The Morgan fingerprint density at radius 2 is 2.05 bits per heavy atom. The van der Waals surface area contributed by atoms with Gasteiger partial charge in [-0.05, 0) is 51.2 Å². The highest BCUT2D eigenvalue weighted by Crippen LogP contribution is 2.41. The molecule has 1 aliphatic heterocycles. The van der Waals surface area contributed by atoms with Crippen LogP contribution in [0.25, 0.3) is 0 Å². The fourth-order valence-electron chi connectivity index (χ4n) is 3.25. The van der Waals surface area contributed by atoms with Crippen LogP contribution in [0, 0.1) is 13.8 Å². The molecule has 19 heavy (non-hydrogen) atoms. The topological polar surface area (TPSA) is 46.3 Å². The molecule has 1 aromatic rings. The van der Waals surface area contributed by atoms with Gasteiger partial charge in [0, 0.05) is 28.3 Å². The van der Waals surface area contributed by atoms with Crippen molar-refractivity contribution in [2.75, 3.05) is 0 Å². The average molecular weight is 278 g/mol. The molecule has 0 bridgehead atoms. The number of aryl methyl sites for hydroxylation is 2. The van der Waals surface area contributed by atoms with Crippen LogP contribution in [-0.4, -0.2) is 22.9 Å². The number of rotatable bonds is 2. The first kappa shape index (κ1) is 13.1. The fraction of sp³-hybridized carbons (Fsp3) is 0.667. The molecular weight excluding hydrogens is 256 g/mol. The minimum Gasteiger partial charge on any atom is -0.331 e. The molecule has 2 heterocycles. The summed E-state index contributed by atoms with van der Waals surface area (Å²) in [5.74, 6) is 0.309. The van der Waals surface area contributed by atoms with Crippen molar-refractivity contribution in [2.45, 2.75) is 64.1 Å². The molecular formula is C15H22N2OS. The van der Waals surface area contributed by atoms with Crippen molar-refractivity contribution in [1.29, 1.82) is 0 Å². The van der Waals surface area contributed by atoms with Gasteiger partial charge < -0.3 is 10.6 Å². The number of likely N-dealkylation sites (tertiary alicyclic amines) is 1. The number of carbonyl (C=O) groups excluding carboxylic acids is 1. The van der Waals surface area contributed by atoms with Gasteiger partial charge in [-0.15, -0.1) is 11.3 Å². The maximum atomic E-state index is 12.4. The van der Waals surface area contributed by atoms with Crippen LogP contribution >= 0.6 is 11.3 Å². The lowest BCUT2D eigenvalue weighted by atomic mass is 9.96. The molecule has 0 spiro atoms. The van der Waals surface area contributed by atoms with Crippen LogP contribution in [0.2, 0.25) is 0 Å². The van der Waals surface area contributed by atoms with Crippen molar-refractivity contribution >= 4 is 17.2 Å². The van der Waals surface area contributed by atoms with E-state index in [9.17, 15) is 4.79 Å². The van der Waals surface area contributed by atoms with Gasteiger partial charge in [-0.2, -0.15) is 0 Å². The number of carbonyl (C=O) groups is 1. The van der Waals surface area contributed by atoms with Gasteiger partial charge in [0.15, 0.2) is 0 Å². The lowest BCUT2D eigenvalue weighted by Gasteiger charge is -2.34. The van der Waals surface area contributed by atoms with Crippen LogP contribution in [0.15, 0.2) is 6.07 Å². The third-order valence-corrected chi connectivity index (χ3v) is 5.24. The van der Waals surface area contributed by atoms with Gasteiger partial charge in [-0.25, -0.2) is 0 Å². The van der Waals surface area contributed by atoms with Crippen molar-refractivity contribution in [3.63, 3.8) is 0 Å². The summed E-state index contributed by atoms with van der Waals surface area (Å²) in [5, 5.41) is 0. The summed E-state index contributed by atoms with van der Waals surface area (Å²) >= 11 is 1.81. The largest absolute Gasteiger partial charge is 0.331 e. The molecule has 1 saturated heterocycles. The number of amides is 1. The molecule has 3 nitrogen and oxygen atoms in total. The van der Waals surface area contributed by atoms with E-state index >= 15 is 0 Å². The summed E-state index contributed by atoms with van der Waals surface area (Å²) in [6.07, 6.45) is 4.85. The maximum absolute atomic E-state index is 12.4. The van der Waals surface area contributed by atoms with E-state index in [0.717, 1.165) is 25.7 Å². The van der Waals surface area contributed by atoms with Gasteiger partial charge in [0.1, 0.15) is 0 Å². The third-order valence-electron chi connectivity index (χ3n) is 4.26. The molecule has 1 amide bonds. The zero-order valence-electron chi connectivity index (χ0n) is 11.7. The summed E-state index contributed by atoms with van der Waals surface area (Å²) in [6.45, 7) is 4.28. The minimum absolute atomic E-state index is 0.0831. The zero-order chi connectivity index (χ0) is 13.6. The fourth-order valence-corrected chi connectivity index (χ4v) is 4.21. The first-order valence-corrected chi connectivity index (χ1v) is 8.03. The first-order valence-electron chi connectivity index (χ1n) is 7.21. The monoisotopic (exact) mass is 278 g/mol. The van der Waals surface area contributed by atoms with Crippen molar-refractivity contribution in [3.05, 3.63) is 21.4 Å². The van der Waals surface area contributed by atoms with E-state index in [-0.39, 0.29) is 12.1 Å². The molecule has 104 valence electrons. The smallest absolute Gasteiger partial charge is 0.223 e. The molecule has 3 rings (SSSR count).